The molecule has 0 saturated heterocycles. The molecule has 1 rings (SSSR count). The third-order valence-electron chi connectivity index (χ3n) is 2.74. The van der Waals surface area contributed by atoms with Gasteiger partial charge in [0.15, 0.2) is 0 Å². The molecule has 116 valence electrons. The van der Waals surface area contributed by atoms with E-state index in [1.54, 1.807) is 12.1 Å². The van der Waals surface area contributed by atoms with Crippen molar-refractivity contribution in [1.82, 2.24) is 4.72 Å². The predicted octanol–water partition coefficient (Wildman–Crippen LogP) is 0.410. The van der Waals surface area contributed by atoms with Crippen molar-refractivity contribution in [2.75, 3.05) is 19.4 Å². The molecule has 21 heavy (non-hydrogen) atoms. The second-order valence-corrected chi connectivity index (χ2v) is 6.22. The maximum atomic E-state index is 11.6. The van der Waals surface area contributed by atoms with Gasteiger partial charge in [0.1, 0.15) is 0 Å². The number of ether oxygens (including phenoxy) is 1. The van der Waals surface area contributed by atoms with Crippen molar-refractivity contribution in [3.8, 4) is 0 Å². The van der Waals surface area contributed by atoms with E-state index in [2.05, 4.69) is 9.46 Å². The van der Waals surface area contributed by atoms with E-state index in [0.717, 1.165) is 5.56 Å². The molecule has 0 aromatic heterocycles. The molecule has 0 fully saturated rings. The van der Waals surface area contributed by atoms with Gasteiger partial charge in [0.05, 0.1) is 24.8 Å². The fourth-order valence-corrected chi connectivity index (χ4v) is 2.55. The Labute approximate surface area is 123 Å². The van der Waals surface area contributed by atoms with Crippen LogP contribution in [0.2, 0.25) is 0 Å². The molecule has 0 amide bonds. The van der Waals surface area contributed by atoms with E-state index in [0.29, 0.717) is 6.42 Å². The van der Waals surface area contributed by atoms with Crippen molar-refractivity contribution < 1.29 is 27.9 Å². The summed E-state index contributed by atoms with van der Waals surface area (Å²) >= 11 is 0. The van der Waals surface area contributed by atoms with Gasteiger partial charge in [0, 0.05) is 6.54 Å². The number of nitrogens with one attached hydrogen (secondary N) is 1. The summed E-state index contributed by atoms with van der Waals surface area (Å²) in [5.74, 6) is -1.91. The van der Waals surface area contributed by atoms with Gasteiger partial charge in [0.2, 0.25) is 10.0 Å². The van der Waals surface area contributed by atoms with Gasteiger partial charge >= 0.3 is 11.9 Å². The van der Waals surface area contributed by atoms with Crippen LogP contribution in [0.4, 0.5) is 0 Å². The highest BCUT2D eigenvalue weighted by Gasteiger charge is 2.13. The van der Waals surface area contributed by atoms with E-state index in [9.17, 15) is 18.0 Å². The summed E-state index contributed by atoms with van der Waals surface area (Å²) in [5, 5.41) is 8.75. The molecule has 1 aromatic rings. The smallest absolute Gasteiger partial charge is 0.335 e. The average molecular weight is 315 g/mol. The number of aromatic carboxylic acids is 1. The Morgan fingerprint density at radius 2 is 1.86 bits per heavy atom. The van der Waals surface area contributed by atoms with Crippen molar-refractivity contribution in [3.05, 3.63) is 35.4 Å². The molecule has 8 heteroatoms. The van der Waals surface area contributed by atoms with Crippen LogP contribution in [0.1, 0.15) is 22.3 Å². The van der Waals surface area contributed by atoms with Crippen LogP contribution in [0.5, 0.6) is 0 Å². The van der Waals surface area contributed by atoms with E-state index >= 15 is 0 Å². The van der Waals surface area contributed by atoms with Crippen LogP contribution in [0.15, 0.2) is 24.3 Å². The Kier molecular flexibility index (Phi) is 6.32. The Morgan fingerprint density at radius 3 is 2.38 bits per heavy atom. The number of hydrogen-bond acceptors (Lipinski definition) is 5. The molecule has 0 heterocycles. The zero-order chi connectivity index (χ0) is 15.9. The summed E-state index contributed by atoms with van der Waals surface area (Å²) in [5.41, 5.74) is 0.994. The number of methoxy groups -OCH3 is 1. The minimum atomic E-state index is -3.52. The van der Waals surface area contributed by atoms with Crippen molar-refractivity contribution in [3.63, 3.8) is 0 Å². The zero-order valence-electron chi connectivity index (χ0n) is 11.5. The third-order valence-corrected chi connectivity index (χ3v) is 4.12. The number of benzene rings is 1. The molecule has 7 nitrogen and oxygen atoms in total. The molecule has 0 atom stereocenters. The molecular weight excluding hydrogens is 298 g/mol. The highest BCUT2D eigenvalue weighted by Crippen LogP contribution is 2.05. The number of hydrogen-bond donors (Lipinski definition) is 2. The quantitative estimate of drug-likeness (QED) is 0.672. The maximum Gasteiger partial charge on any atom is 0.335 e. The highest BCUT2D eigenvalue weighted by atomic mass is 32.2. The van der Waals surface area contributed by atoms with Crippen LogP contribution in [-0.2, 0) is 26.0 Å². The maximum absolute atomic E-state index is 11.6. The monoisotopic (exact) mass is 315 g/mol. The van der Waals surface area contributed by atoms with E-state index in [4.69, 9.17) is 5.11 Å². The van der Waals surface area contributed by atoms with E-state index in [1.807, 2.05) is 0 Å². The fraction of sp³-hybridized carbons (Fsp3) is 0.385. The lowest BCUT2D eigenvalue weighted by atomic mass is 10.1. The van der Waals surface area contributed by atoms with Crippen LogP contribution in [0.25, 0.3) is 0 Å². The van der Waals surface area contributed by atoms with Crippen LogP contribution in [0.3, 0.4) is 0 Å². The lowest BCUT2D eigenvalue weighted by molar-refractivity contribution is -0.140. The molecular formula is C13H17NO6S. The molecule has 0 aliphatic carbocycles. The number of sulfonamides is 1. The topological polar surface area (TPSA) is 110 Å². The Bertz CT molecular complexity index is 594. The highest BCUT2D eigenvalue weighted by molar-refractivity contribution is 7.89. The summed E-state index contributed by atoms with van der Waals surface area (Å²) in [6, 6.07) is 6.19. The van der Waals surface area contributed by atoms with Gasteiger partial charge in [-0.1, -0.05) is 12.1 Å². The van der Waals surface area contributed by atoms with Crippen LogP contribution >= 0.6 is 0 Å². The number of esters is 1. The zero-order valence-corrected chi connectivity index (χ0v) is 12.4. The molecule has 0 aliphatic heterocycles. The largest absolute Gasteiger partial charge is 0.478 e. The first-order valence-electron chi connectivity index (χ1n) is 6.20. The van der Waals surface area contributed by atoms with Gasteiger partial charge < -0.3 is 9.84 Å². The fourth-order valence-electron chi connectivity index (χ4n) is 1.56. The van der Waals surface area contributed by atoms with Crippen LogP contribution < -0.4 is 4.72 Å². The van der Waals surface area contributed by atoms with Gasteiger partial charge in [0.25, 0.3) is 0 Å². The summed E-state index contributed by atoms with van der Waals surface area (Å²) in [4.78, 5) is 21.6. The normalized spacial score (nSPS) is 11.1. The number of carboxylic acids is 1. The van der Waals surface area contributed by atoms with Gasteiger partial charge in [-0.25, -0.2) is 17.9 Å². The van der Waals surface area contributed by atoms with Crippen molar-refractivity contribution in [2.45, 2.75) is 12.8 Å². The molecule has 0 bridgehead atoms. The second-order valence-electron chi connectivity index (χ2n) is 4.29. The summed E-state index contributed by atoms with van der Waals surface area (Å²) in [6.45, 7) is 0.177. The Morgan fingerprint density at radius 1 is 1.24 bits per heavy atom. The Balaban J connectivity index is 2.41. The standard InChI is InChI=1S/C13H17NO6S/c1-20-12(15)7-9-21(18,19)14-8-6-10-2-4-11(5-3-10)13(16)17/h2-5,14H,6-9H2,1H3,(H,16,17). The number of carbonyl (C=O) groups excluding carboxylic acids is 1. The molecule has 0 radical (unpaired) electrons. The number of carboxylic acid groups (broad SMARTS) is 1. The van der Waals surface area contributed by atoms with Crippen LogP contribution in [-0.4, -0.2) is 44.9 Å². The van der Waals surface area contributed by atoms with E-state index in [1.165, 1.54) is 19.2 Å². The van der Waals surface area contributed by atoms with Crippen LogP contribution in [0, 0.1) is 0 Å². The SMILES string of the molecule is COC(=O)CCS(=O)(=O)NCCc1ccc(C(=O)O)cc1. The minimum Gasteiger partial charge on any atom is -0.478 e. The predicted molar refractivity (Wildman–Crippen MR) is 75.5 cm³/mol. The van der Waals surface area contributed by atoms with Gasteiger partial charge in [-0.05, 0) is 24.1 Å². The lowest BCUT2D eigenvalue weighted by Gasteiger charge is -2.06. The number of rotatable bonds is 8. The van der Waals surface area contributed by atoms with Gasteiger partial charge in [-0.2, -0.15) is 0 Å². The molecule has 1 aromatic carbocycles. The number of carbonyl (C=O) groups is 2. The summed E-state index contributed by atoms with van der Waals surface area (Å²) < 4.78 is 29.9. The summed E-state index contributed by atoms with van der Waals surface area (Å²) in [6.07, 6.45) is 0.233. The van der Waals surface area contributed by atoms with E-state index in [-0.39, 0.29) is 24.3 Å². The molecule has 0 unspecified atom stereocenters. The van der Waals surface area contributed by atoms with Gasteiger partial charge in [-0.3, -0.25) is 4.79 Å². The van der Waals surface area contributed by atoms with Crippen molar-refractivity contribution in [2.24, 2.45) is 0 Å². The molecule has 0 spiro atoms. The first-order valence-corrected chi connectivity index (χ1v) is 7.85. The van der Waals surface area contributed by atoms with Gasteiger partial charge in [-0.15, -0.1) is 0 Å². The minimum absolute atomic E-state index is 0.177. The van der Waals surface area contributed by atoms with Crippen molar-refractivity contribution >= 4 is 22.0 Å². The lowest BCUT2D eigenvalue weighted by Crippen LogP contribution is -2.29. The van der Waals surface area contributed by atoms with E-state index < -0.39 is 22.0 Å². The summed E-state index contributed by atoms with van der Waals surface area (Å²) in [7, 11) is -2.33. The first kappa shape index (κ1) is 17.1. The van der Waals surface area contributed by atoms with Crippen molar-refractivity contribution in [1.29, 1.82) is 0 Å². The third kappa shape index (κ3) is 6.37. The molecule has 0 aliphatic rings. The molecule has 2 N–H and O–H groups in total. The average Bonchev–Trinajstić information content (AvgIpc) is 2.45. The second kappa shape index (κ2) is 7.75. The Hall–Kier alpha value is -1.93. The first-order chi connectivity index (χ1) is 9.84. The molecule has 0 saturated carbocycles.